The third-order valence-corrected chi connectivity index (χ3v) is 6.75. The quantitative estimate of drug-likeness (QED) is 0.417. The number of benzene rings is 1. The van der Waals surface area contributed by atoms with E-state index < -0.39 is 6.04 Å². The van der Waals surface area contributed by atoms with Crippen LogP contribution in [0.5, 0.6) is 0 Å². The molecule has 3 rings (SSSR count). The fourth-order valence-electron chi connectivity index (χ4n) is 4.54. The molecule has 1 saturated heterocycles. The second kappa shape index (κ2) is 11.5. The number of allylic oxidation sites excluding steroid dienone is 2. The van der Waals surface area contributed by atoms with Crippen molar-refractivity contribution in [2.75, 3.05) is 13.1 Å². The van der Waals surface area contributed by atoms with Crippen LogP contribution in [0.4, 0.5) is 0 Å². The fourth-order valence-corrected chi connectivity index (χ4v) is 4.73. The maximum Gasteiger partial charge on any atom is 0.242 e. The molecule has 33 heavy (non-hydrogen) atoms. The van der Waals surface area contributed by atoms with E-state index in [0.29, 0.717) is 30.8 Å². The van der Waals surface area contributed by atoms with E-state index in [1.54, 1.807) is 6.07 Å². The minimum Gasteiger partial charge on any atom is -0.354 e. The second-order valence-corrected chi connectivity index (χ2v) is 8.97. The van der Waals surface area contributed by atoms with Gasteiger partial charge in [-0.15, -0.1) is 0 Å². The molecule has 1 N–H and O–H groups in total. The highest BCUT2D eigenvalue weighted by atomic mass is 35.5. The number of nitrogens with one attached hydrogen (secondary N) is 1. The summed E-state index contributed by atoms with van der Waals surface area (Å²) in [4.78, 5) is 54.4. The summed E-state index contributed by atoms with van der Waals surface area (Å²) in [5, 5.41) is 3.39. The van der Waals surface area contributed by atoms with Crippen LogP contribution in [0, 0.1) is 11.8 Å². The van der Waals surface area contributed by atoms with Crippen molar-refractivity contribution in [2.45, 2.75) is 58.5 Å². The molecular weight excluding hydrogens is 442 g/mol. The van der Waals surface area contributed by atoms with Crippen molar-refractivity contribution in [3.63, 3.8) is 0 Å². The molecule has 0 radical (unpaired) electrons. The van der Waals surface area contributed by atoms with Gasteiger partial charge in [0, 0.05) is 31.1 Å². The molecule has 0 spiro atoms. The zero-order valence-electron chi connectivity index (χ0n) is 19.3. The summed E-state index contributed by atoms with van der Waals surface area (Å²) in [5.74, 6) is -1.55. The van der Waals surface area contributed by atoms with Crippen LogP contribution >= 0.6 is 11.6 Å². The molecule has 7 nitrogen and oxygen atoms in total. The van der Waals surface area contributed by atoms with E-state index in [-0.39, 0.29) is 55.0 Å². The Morgan fingerprint density at radius 3 is 2.33 bits per heavy atom. The van der Waals surface area contributed by atoms with Crippen LogP contribution in [-0.2, 0) is 25.7 Å². The third kappa shape index (κ3) is 5.64. The SMILES string of the molecule is CCCNC(=O)[C@@H](CC)N(Cc1ccccc1Cl)C(=O)CCN1C(=O)[C@H]2CC=CC[C@H]2C1=O. The predicted octanol–water partition coefficient (Wildman–Crippen LogP) is 3.31. The average Bonchev–Trinajstić information content (AvgIpc) is 3.06. The molecule has 3 atom stereocenters. The topological polar surface area (TPSA) is 86.8 Å². The summed E-state index contributed by atoms with van der Waals surface area (Å²) in [5.41, 5.74) is 0.736. The Bertz CT molecular complexity index is 906. The highest BCUT2D eigenvalue weighted by molar-refractivity contribution is 6.31. The van der Waals surface area contributed by atoms with Gasteiger partial charge >= 0.3 is 0 Å². The Morgan fingerprint density at radius 2 is 1.76 bits per heavy atom. The number of rotatable bonds is 10. The lowest BCUT2D eigenvalue weighted by atomic mass is 9.85. The van der Waals surface area contributed by atoms with E-state index >= 15 is 0 Å². The molecule has 0 aromatic heterocycles. The fraction of sp³-hybridized carbons (Fsp3) is 0.520. The molecule has 0 bridgehead atoms. The molecule has 4 amide bonds. The van der Waals surface area contributed by atoms with E-state index in [2.05, 4.69) is 5.32 Å². The van der Waals surface area contributed by atoms with Crippen LogP contribution in [-0.4, -0.2) is 52.6 Å². The zero-order valence-corrected chi connectivity index (χ0v) is 20.0. The van der Waals surface area contributed by atoms with E-state index in [1.807, 2.05) is 44.2 Å². The van der Waals surface area contributed by atoms with Crippen molar-refractivity contribution >= 4 is 35.2 Å². The molecule has 1 fully saturated rings. The third-order valence-electron chi connectivity index (χ3n) is 6.38. The van der Waals surface area contributed by atoms with Gasteiger partial charge in [0.2, 0.25) is 23.6 Å². The Morgan fingerprint density at radius 1 is 1.12 bits per heavy atom. The van der Waals surface area contributed by atoms with Gasteiger partial charge in [-0.3, -0.25) is 24.1 Å². The smallest absolute Gasteiger partial charge is 0.242 e. The second-order valence-electron chi connectivity index (χ2n) is 8.56. The number of amides is 4. The number of carbonyl (C=O) groups is 4. The molecule has 178 valence electrons. The number of imide groups is 1. The largest absolute Gasteiger partial charge is 0.354 e. The summed E-state index contributed by atoms with van der Waals surface area (Å²) >= 11 is 6.33. The lowest BCUT2D eigenvalue weighted by molar-refractivity contribution is -0.144. The minimum absolute atomic E-state index is 0.0233. The Labute approximate surface area is 200 Å². The molecule has 0 saturated carbocycles. The van der Waals surface area contributed by atoms with Crippen molar-refractivity contribution in [3.05, 3.63) is 47.0 Å². The normalized spacial score (nSPS) is 20.5. The maximum absolute atomic E-state index is 13.4. The molecule has 8 heteroatoms. The van der Waals surface area contributed by atoms with Crippen LogP contribution in [0.3, 0.4) is 0 Å². The van der Waals surface area contributed by atoms with Crippen LogP contribution < -0.4 is 5.32 Å². The highest BCUT2D eigenvalue weighted by Crippen LogP contribution is 2.35. The maximum atomic E-state index is 13.4. The lowest BCUT2D eigenvalue weighted by Crippen LogP contribution is -2.49. The summed E-state index contributed by atoms with van der Waals surface area (Å²) in [6.07, 6.45) is 6.19. The van der Waals surface area contributed by atoms with Crippen LogP contribution in [0.15, 0.2) is 36.4 Å². The summed E-state index contributed by atoms with van der Waals surface area (Å²) in [6, 6.07) is 6.54. The van der Waals surface area contributed by atoms with Crippen molar-refractivity contribution in [1.82, 2.24) is 15.1 Å². The predicted molar refractivity (Wildman–Crippen MR) is 126 cm³/mol. The van der Waals surface area contributed by atoms with Crippen molar-refractivity contribution in [3.8, 4) is 0 Å². The van der Waals surface area contributed by atoms with Gasteiger partial charge < -0.3 is 10.2 Å². The number of nitrogens with zero attached hydrogens (tertiary/aromatic N) is 2. The Hall–Kier alpha value is -2.67. The highest BCUT2D eigenvalue weighted by Gasteiger charge is 2.47. The van der Waals surface area contributed by atoms with Gasteiger partial charge in [0.25, 0.3) is 0 Å². The molecular formula is C25H32ClN3O4. The minimum atomic E-state index is -0.669. The first-order chi connectivity index (χ1) is 15.9. The summed E-state index contributed by atoms with van der Waals surface area (Å²) in [7, 11) is 0. The number of likely N-dealkylation sites (tertiary alicyclic amines) is 1. The van der Waals surface area contributed by atoms with Crippen LogP contribution in [0.2, 0.25) is 5.02 Å². The number of hydrogen-bond donors (Lipinski definition) is 1. The number of carbonyl (C=O) groups excluding carboxylic acids is 4. The molecule has 0 unspecified atom stereocenters. The van der Waals surface area contributed by atoms with Gasteiger partial charge in [0.15, 0.2) is 0 Å². The number of hydrogen-bond acceptors (Lipinski definition) is 4. The van der Waals surface area contributed by atoms with E-state index in [0.717, 1.165) is 12.0 Å². The summed E-state index contributed by atoms with van der Waals surface area (Å²) < 4.78 is 0. The van der Waals surface area contributed by atoms with Gasteiger partial charge in [0.05, 0.1) is 11.8 Å². The van der Waals surface area contributed by atoms with E-state index in [9.17, 15) is 19.2 Å². The van der Waals surface area contributed by atoms with Gasteiger partial charge in [-0.2, -0.15) is 0 Å². The van der Waals surface area contributed by atoms with E-state index in [1.165, 1.54) is 9.80 Å². The average molecular weight is 474 g/mol. The van der Waals surface area contributed by atoms with Crippen LogP contribution in [0.25, 0.3) is 0 Å². The zero-order chi connectivity index (χ0) is 24.0. The number of fused-ring (bicyclic) bond motifs is 1. The lowest BCUT2D eigenvalue weighted by Gasteiger charge is -2.31. The molecule has 1 aliphatic carbocycles. The molecule has 1 heterocycles. The number of halogens is 1. The van der Waals surface area contributed by atoms with Gasteiger partial charge in [-0.1, -0.05) is 55.8 Å². The van der Waals surface area contributed by atoms with Crippen molar-refractivity contribution < 1.29 is 19.2 Å². The van der Waals surface area contributed by atoms with Gasteiger partial charge in [0.1, 0.15) is 6.04 Å². The van der Waals surface area contributed by atoms with Gasteiger partial charge in [-0.05, 0) is 37.3 Å². The van der Waals surface area contributed by atoms with Crippen LogP contribution in [0.1, 0.15) is 51.5 Å². The van der Waals surface area contributed by atoms with Crippen molar-refractivity contribution in [2.24, 2.45) is 11.8 Å². The molecule has 1 aliphatic heterocycles. The molecule has 1 aromatic carbocycles. The Kier molecular flexibility index (Phi) is 8.67. The summed E-state index contributed by atoms with van der Waals surface area (Å²) in [6.45, 7) is 4.54. The molecule has 2 aliphatic rings. The monoisotopic (exact) mass is 473 g/mol. The first-order valence-electron chi connectivity index (χ1n) is 11.7. The Balaban J connectivity index is 1.75. The molecule has 1 aromatic rings. The van der Waals surface area contributed by atoms with E-state index in [4.69, 9.17) is 11.6 Å². The first kappa shape index (κ1) is 25.0. The first-order valence-corrected chi connectivity index (χ1v) is 12.1. The van der Waals surface area contributed by atoms with Crippen molar-refractivity contribution in [1.29, 1.82) is 0 Å². The standard InChI is InChI=1S/C25H32ClN3O4/c1-3-14-27-23(31)21(4-2)29(16-17-9-5-8-12-20(17)26)22(30)13-15-28-24(32)18-10-6-7-11-19(18)25(28)33/h5-9,12,18-19,21H,3-4,10-11,13-16H2,1-2H3,(H,27,31)/t18-,19+,21-/m1/s1. The van der Waals surface area contributed by atoms with Gasteiger partial charge in [-0.25, -0.2) is 0 Å².